The number of carbonyl (C=O) groups excluding carboxylic acids is 1. The van der Waals surface area contributed by atoms with Gasteiger partial charge >= 0.3 is 5.97 Å². The molecule has 0 amide bonds. The molecule has 0 aromatic heterocycles. The molecule has 0 bridgehead atoms. The van der Waals surface area contributed by atoms with Gasteiger partial charge in [0.15, 0.2) is 0 Å². The van der Waals surface area contributed by atoms with Gasteiger partial charge in [0.1, 0.15) is 0 Å². The largest absolute Gasteiger partial charge is 0.461 e. The first-order chi connectivity index (χ1) is 10.5. The Balaban J connectivity index is 2.75. The van der Waals surface area contributed by atoms with Crippen molar-refractivity contribution in [3.63, 3.8) is 0 Å². The van der Waals surface area contributed by atoms with Crippen LogP contribution in [0.5, 0.6) is 0 Å². The predicted octanol–water partition coefficient (Wildman–Crippen LogP) is 3.63. The number of hydrogen-bond acceptors (Lipinski definition) is 4. The summed E-state index contributed by atoms with van der Waals surface area (Å²) >= 11 is 0. The maximum atomic E-state index is 12.3. The highest BCUT2D eigenvalue weighted by molar-refractivity contribution is 5.79. The molecule has 0 aliphatic carbocycles. The summed E-state index contributed by atoms with van der Waals surface area (Å²) in [6.45, 7) is 6.81. The fourth-order valence-electron chi connectivity index (χ4n) is 1.98. The van der Waals surface area contributed by atoms with Crippen molar-refractivity contribution < 1.29 is 19.4 Å². The Kier molecular flexibility index (Phi) is 8.13. The van der Waals surface area contributed by atoms with E-state index in [-0.39, 0.29) is 0 Å². The summed E-state index contributed by atoms with van der Waals surface area (Å²) in [5, 5.41) is 10.7. The second-order valence-electron chi connectivity index (χ2n) is 5.88. The predicted molar refractivity (Wildman–Crippen MR) is 86.2 cm³/mol. The van der Waals surface area contributed by atoms with Crippen LogP contribution in [0.25, 0.3) is 0 Å². The van der Waals surface area contributed by atoms with Crippen LogP contribution in [0.1, 0.15) is 52.0 Å². The Morgan fingerprint density at radius 1 is 1.18 bits per heavy atom. The van der Waals surface area contributed by atoms with E-state index >= 15 is 0 Å². The Morgan fingerprint density at radius 3 is 2.45 bits per heavy atom. The lowest BCUT2D eigenvalue weighted by Crippen LogP contribution is -2.40. The molecule has 0 aliphatic rings. The van der Waals surface area contributed by atoms with Gasteiger partial charge in [0.2, 0.25) is 0 Å². The van der Waals surface area contributed by atoms with Crippen LogP contribution in [0, 0.1) is 5.92 Å². The molecule has 22 heavy (non-hydrogen) atoms. The Bertz CT molecular complexity index is 430. The second kappa shape index (κ2) is 9.59. The van der Waals surface area contributed by atoms with Crippen LogP contribution in [-0.2, 0) is 20.1 Å². The van der Waals surface area contributed by atoms with Crippen LogP contribution in [0.2, 0.25) is 0 Å². The number of unbranched alkanes of at least 4 members (excludes halogenated alkanes) is 2. The minimum atomic E-state index is -2.03. The smallest absolute Gasteiger partial charge is 0.371 e. The average Bonchev–Trinajstić information content (AvgIpc) is 2.51. The van der Waals surface area contributed by atoms with Gasteiger partial charge in [-0.05, 0) is 18.8 Å². The summed E-state index contributed by atoms with van der Waals surface area (Å²) in [7, 11) is 0. The standard InChI is InChI=1S/C18H28O4/c1-4-5-9-13-21-17(19)18(20,22-14-12-15(2)3)16-10-7-6-8-11-16/h6-8,10-11,15,20H,4-5,9,12-14H2,1-3H3. The van der Waals surface area contributed by atoms with E-state index in [0.717, 1.165) is 25.7 Å². The van der Waals surface area contributed by atoms with Crippen molar-refractivity contribution in [2.24, 2.45) is 5.92 Å². The lowest BCUT2D eigenvalue weighted by Gasteiger charge is -2.26. The quantitative estimate of drug-likeness (QED) is 0.407. The van der Waals surface area contributed by atoms with Gasteiger partial charge < -0.3 is 14.6 Å². The molecule has 0 radical (unpaired) electrons. The highest BCUT2D eigenvalue weighted by Gasteiger charge is 2.41. The van der Waals surface area contributed by atoms with Crippen molar-refractivity contribution >= 4 is 5.97 Å². The Labute approximate surface area is 133 Å². The maximum Gasteiger partial charge on any atom is 0.371 e. The minimum absolute atomic E-state index is 0.299. The number of carbonyl (C=O) groups is 1. The Morgan fingerprint density at radius 2 is 1.86 bits per heavy atom. The monoisotopic (exact) mass is 308 g/mol. The number of esters is 1. The summed E-state index contributed by atoms with van der Waals surface area (Å²) in [4.78, 5) is 12.3. The van der Waals surface area contributed by atoms with E-state index in [4.69, 9.17) is 9.47 Å². The second-order valence-corrected chi connectivity index (χ2v) is 5.88. The van der Waals surface area contributed by atoms with E-state index < -0.39 is 11.8 Å². The summed E-state index contributed by atoms with van der Waals surface area (Å²) < 4.78 is 10.7. The van der Waals surface area contributed by atoms with E-state index in [2.05, 4.69) is 20.8 Å². The molecule has 0 aliphatic heterocycles. The molecule has 4 heteroatoms. The van der Waals surface area contributed by atoms with Crippen molar-refractivity contribution in [2.45, 2.75) is 52.2 Å². The van der Waals surface area contributed by atoms with Gasteiger partial charge in [-0.2, -0.15) is 0 Å². The van der Waals surface area contributed by atoms with Crippen molar-refractivity contribution in [1.82, 2.24) is 0 Å². The van der Waals surface area contributed by atoms with E-state index in [0.29, 0.717) is 24.7 Å². The number of ether oxygens (including phenoxy) is 2. The molecule has 0 heterocycles. The van der Waals surface area contributed by atoms with Crippen LogP contribution < -0.4 is 0 Å². The topological polar surface area (TPSA) is 55.8 Å². The van der Waals surface area contributed by atoms with Gasteiger partial charge in [-0.25, -0.2) is 4.79 Å². The molecule has 4 nitrogen and oxygen atoms in total. The summed E-state index contributed by atoms with van der Waals surface area (Å²) in [6.07, 6.45) is 3.59. The summed E-state index contributed by atoms with van der Waals surface area (Å²) in [6, 6.07) is 8.68. The molecule has 1 aromatic carbocycles. The average molecular weight is 308 g/mol. The SMILES string of the molecule is CCCCCOC(=O)C(O)(OCCC(C)C)c1ccccc1. The highest BCUT2D eigenvalue weighted by Crippen LogP contribution is 2.25. The van der Waals surface area contributed by atoms with Crippen LogP contribution >= 0.6 is 0 Å². The minimum Gasteiger partial charge on any atom is -0.461 e. The molecule has 0 fully saturated rings. The zero-order valence-corrected chi connectivity index (χ0v) is 13.9. The number of rotatable bonds is 10. The zero-order valence-electron chi connectivity index (χ0n) is 13.9. The lowest BCUT2D eigenvalue weighted by molar-refractivity contribution is -0.235. The van der Waals surface area contributed by atoms with Gasteiger partial charge in [0, 0.05) is 5.56 Å². The summed E-state index contributed by atoms with van der Waals surface area (Å²) in [5.41, 5.74) is 0.402. The van der Waals surface area contributed by atoms with Crippen molar-refractivity contribution in [2.75, 3.05) is 13.2 Å². The fourth-order valence-corrected chi connectivity index (χ4v) is 1.98. The highest BCUT2D eigenvalue weighted by atomic mass is 16.7. The van der Waals surface area contributed by atoms with Crippen molar-refractivity contribution in [1.29, 1.82) is 0 Å². The molecule has 1 aromatic rings. The van der Waals surface area contributed by atoms with Crippen LogP contribution in [0.15, 0.2) is 30.3 Å². The Hall–Kier alpha value is -1.39. The molecule has 1 N–H and O–H groups in total. The molecular weight excluding hydrogens is 280 g/mol. The van der Waals surface area contributed by atoms with Gasteiger partial charge in [0.05, 0.1) is 13.2 Å². The van der Waals surface area contributed by atoms with Crippen LogP contribution in [-0.4, -0.2) is 24.3 Å². The first-order valence-corrected chi connectivity index (χ1v) is 8.09. The summed E-state index contributed by atoms with van der Waals surface area (Å²) in [5.74, 6) is -2.33. The van der Waals surface area contributed by atoms with E-state index in [1.165, 1.54) is 0 Å². The number of aliphatic hydroxyl groups is 1. The molecule has 1 atom stereocenters. The fraction of sp³-hybridized carbons (Fsp3) is 0.611. The van der Waals surface area contributed by atoms with Gasteiger partial charge in [-0.3, -0.25) is 0 Å². The molecule has 124 valence electrons. The van der Waals surface area contributed by atoms with E-state index in [1.807, 2.05) is 6.07 Å². The third-order valence-corrected chi connectivity index (χ3v) is 3.43. The first-order valence-electron chi connectivity index (χ1n) is 8.09. The first kappa shape index (κ1) is 18.7. The van der Waals surface area contributed by atoms with E-state index in [9.17, 15) is 9.90 Å². The third-order valence-electron chi connectivity index (χ3n) is 3.43. The molecule has 0 saturated carbocycles. The molecule has 0 spiro atoms. The molecule has 0 saturated heterocycles. The zero-order chi connectivity index (χ0) is 16.4. The van der Waals surface area contributed by atoms with Crippen molar-refractivity contribution in [3.05, 3.63) is 35.9 Å². The van der Waals surface area contributed by atoms with Crippen LogP contribution in [0.4, 0.5) is 0 Å². The number of benzene rings is 1. The number of hydrogen-bond donors (Lipinski definition) is 1. The van der Waals surface area contributed by atoms with Gasteiger partial charge in [0.25, 0.3) is 5.79 Å². The molecule has 1 unspecified atom stereocenters. The van der Waals surface area contributed by atoms with Crippen LogP contribution in [0.3, 0.4) is 0 Å². The lowest BCUT2D eigenvalue weighted by atomic mass is 10.1. The third kappa shape index (κ3) is 5.78. The maximum absolute atomic E-state index is 12.3. The molecular formula is C18H28O4. The van der Waals surface area contributed by atoms with Gasteiger partial charge in [-0.15, -0.1) is 0 Å². The molecule has 1 rings (SSSR count). The van der Waals surface area contributed by atoms with Gasteiger partial charge in [-0.1, -0.05) is 63.9 Å². The normalized spacial score (nSPS) is 13.9. The van der Waals surface area contributed by atoms with Crippen molar-refractivity contribution in [3.8, 4) is 0 Å². The van der Waals surface area contributed by atoms with E-state index in [1.54, 1.807) is 24.3 Å².